The maximum atomic E-state index is 11.9. The fourth-order valence-corrected chi connectivity index (χ4v) is 3.10. The molecule has 0 saturated heterocycles. The number of carbonyl (C=O) groups excluding carboxylic acids is 1. The smallest absolute Gasteiger partial charge is 0.316 e. The Bertz CT molecular complexity index is 862. The van der Waals surface area contributed by atoms with Crippen molar-refractivity contribution < 1.29 is 13.9 Å². The van der Waals surface area contributed by atoms with Crippen molar-refractivity contribution in [2.45, 2.75) is 25.3 Å². The predicted octanol–water partition coefficient (Wildman–Crippen LogP) is 4.19. The third-order valence-electron chi connectivity index (χ3n) is 3.52. The monoisotopic (exact) mass is 354 g/mol. The van der Waals surface area contributed by atoms with Crippen molar-refractivity contribution in [3.05, 3.63) is 65.5 Å². The molecular weight excluding hydrogens is 336 g/mol. The van der Waals surface area contributed by atoms with Crippen LogP contribution in [0.15, 0.2) is 57.8 Å². The summed E-state index contributed by atoms with van der Waals surface area (Å²) >= 11 is 1.46. The molecule has 0 radical (unpaired) electrons. The number of hydrogen-bond acceptors (Lipinski definition) is 6. The molecule has 5 nitrogen and oxygen atoms in total. The van der Waals surface area contributed by atoms with Crippen LogP contribution in [0.5, 0.6) is 0 Å². The third-order valence-corrected chi connectivity index (χ3v) is 4.67. The van der Waals surface area contributed by atoms with E-state index in [2.05, 4.69) is 16.3 Å². The third kappa shape index (κ3) is 4.70. The molecule has 0 amide bonds. The summed E-state index contributed by atoms with van der Waals surface area (Å²) in [4.78, 5) is 13.0. The van der Waals surface area contributed by atoms with Crippen molar-refractivity contribution in [2.75, 3.05) is 5.75 Å². The molecule has 3 rings (SSSR count). The van der Waals surface area contributed by atoms with Gasteiger partial charge in [0.15, 0.2) is 6.61 Å². The van der Waals surface area contributed by atoms with Gasteiger partial charge in [0.1, 0.15) is 0 Å². The summed E-state index contributed by atoms with van der Waals surface area (Å²) in [5.74, 6) is 0.619. The number of hydrogen-bond donors (Lipinski definition) is 0. The second kappa shape index (κ2) is 7.98. The van der Waals surface area contributed by atoms with E-state index in [1.54, 1.807) is 0 Å². The van der Waals surface area contributed by atoms with Crippen LogP contribution < -0.4 is 0 Å². The minimum absolute atomic E-state index is 0.0217. The van der Waals surface area contributed by atoms with Crippen LogP contribution in [0.4, 0.5) is 0 Å². The largest absolute Gasteiger partial charge is 0.455 e. The highest BCUT2D eigenvalue weighted by Crippen LogP contribution is 2.23. The van der Waals surface area contributed by atoms with E-state index in [-0.39, 0.29) is 24.2 Å². The van der Waals surface area contributed by atoms with Crippen molar-refractivity contribution in [1.82, 2.24) is 10.2 Å². The topological polar surface area (TPSA) is 65.2 Å². The summed E-state index contributed by atoms with van der Waals surface area (Å²) in [5.41, 5.74) is 3.19. The molecule has 0 aliphatic carbocycles. The molecule has 6 heteroatoms. The predicted molar refractivity (Wildman–Crippen MR) is 96.2 cm³/mol. The van der Waals surface area contributed by atoms with Crippen molar-refractivity contribution in [3.8, 4) is 11.5 Å². The molecule has 3 aromatic rings. The number of aromatic nitrogens is 2. The van der Waals surface area contributed by atoms with E-state index in [9.17, 15) is 4.79 Å². The van der Waals surface area contributed by atoms with Crippen LogP contribution in [0, 0.1) is 13.8 Å². The van der Waals surface area contributed by atoms with Gasteiger partial charge in [-0.15, -0.1) is 22.0 Å². The van der Waals surface area contributed by atoms with E-state index in [4.69, 9.17) is 9.15 Å². The normalized spacial score (nSPS) is 10.6. The van der Waals surface area contributed by atoms with Gasteiger partial charge in [0.2, 0.25) is 5.89 Å². The van der Waals surface area contributed by atoms with E-state index in [1.807, 2.05) is 56.3 Å². The first-order valence-electron chi connectivity index (χ1n) is 7.85. The number of aryl methyl sites for hydroxylation is 2. The van der Waals surface area contributed by atoms with Crippen LogP contribution in [0.25, 0.3) is 11.5 Å². The zero-order valence-corrected chi connectivity index (χ0v) is 14.9. The molecule has 0 N–H and O–H groups in total. The Morgan fingerprint density at radius 3 is 2.68 bits per heavy atom. The van der Waals surface area contributed by atoms with E-state index >= 15 is 0 Å². The number of ether oxygens (including phenoxy) is 1. The number of esters is 1. The minimum Gasteiger partial charge on any atom is -0.455 e. The number of benzene rings is 2. The van der Waals surface area contributed by atoms with Crippen molar-refractivity contribution in [3.63, 3.8) is 0 Å². The molecule has 0 aliphatic heterocycles. The van der Waals surface area contributed by atoms with E-state index in [0.717, 1.165) is 16.0 Å². The standard InChI is InChI=1S/C19H18N2O3S/c1-13-8-9-16(14(2)10-13)25-12-18(22)23-11-17-20-21-19(24-17)15-6-4-3-5-7-15/h3-10H,11-12H2,1-2H3. The number of thioether (sulfide) groups is 1. The van der Waals surface area contributed by atoms with Gasteiger partial charge < -0.3 is 9.15 Å². The lowest BCUT2D eigenvalue weighted by Gasteiger charge is -2.06. The molecule has 0 bridgehead atoms. The van der Waals surface area contributed by atoms with Crippen LogP contribution in [0.1, 0.15) is 17.0 Å². The van der Waals surface area contributed by atoms with Gasteiger partial charge in [-0.1, -0.05) is 35.9 Å². The summed E-state index contributed by atoms with van der Waals surface area (Å²) in [6.07, 6.45) is 0. The fourth-order valence-electron chi connectivity index (χ4n) is 2.29. The van der Waals surface area contributed by atoms with E-state index in [1.165, 1.54) is 17.3 Å². The van der Waals surface area contributed by atoms with E-state index in [0.29, 0.717) is 5.89 Å². The Hall–Kier alpha value is -2.60. The lowest BCUT2D eigenvalue weighted by atomic mass is 10.2. The van der Waals surface area contributed by atoms with Crippen LogP contribution in [-0.4, -0.2) is 21.9 Å². The van der Waals surface area contributed by atoms with Crippen molar-refractivity contribution in [2.24, 2.45) is 0 Å². The maximum Gasteiger partial charge on any atom is 0.316 e. The van der Waals surface area contributed by atoms with Gasteiger partial charge >= 0.3 is 5.97 Å². The van der Waals surface area contributed by atoms with Gasteiger partial charge in [0.05, 0.1) is 5.75 Å². The Morgan fingerprint density at radius 1 is 1.12 bits per heavy atom. The molecule has 0 saturated carbocycles. The zero-order valence-electron chi connectivity index (χ0n) is 14.1. The minimum atomic E-state index is -0.315. The molecule has 0 aliphatic rings. The highest BCUT2D eigenvalue weighted by atomic mass is 32.2. The Kier molecular flexibility index (Phi) is 5.50. The molecular formula is C19H18N2O3S. The summed E-state index contributed by atoms with van der Waals surface area (Å²) in [5, 5.41) is 7.87. The molecule has 0 atom stereocenters. The molecule has 1 heterocycles. The Labute approximate surface area is 150 Å². The second-order valence-corrected chi connectivity index (χ2v) is 6.60. The van der Waals surface area contributed by atoms with Crippen molar-refractivity contribution in [1.29, 1.82) is 0 Å². The van der Waals surface area contributed by atoms with Crippen molar-refractivity contribution >= 4 is 17.7 Å². The number of rotatable bonds is 6. The number of nitrogens with zero attached hydrogens (tertiary/aromatic N) is 2. The SMILES string of the molecule is Cc1ccc(SCC(=O)OCc2nnc(-c3ccccc3)o2)c(C)c1. The maximum absolute atomic E-state index is 11.9. The van der Waals surface area contributed by atoms with Gasteiger partial charge in [0.25, 0.3) is 5.89 Å². The molecule has 1 aromatic heterocycles. The molecule has 2 aromatic carbocycles. The Morgan fingerprint density at radius 2 is 1.92 bits per heavy atom. The highest BCUT2D eigenvalue weighted by Gasteiger charge is 2.11. The lowest BCUT2D eigenvalue weighted by Crippen LogP contribution is -2.07. The fraction of sp³-hybridized carbons (Fsp3) is 0.211. The first-order valence-corrected chi connectivity index (χ1v) is 8.84. The Balaban J connectivity index is 1.50. The van der Waals surface area contributed by atoms with Gasteiger partial charge in [-0.3, -0.25) is 4.79 Å². The van der Waals surface area contributed by atoms with Crippen LogP contribution >= 0.6 is 11.8 Å². The summed E-state index contributed by atoms with van der Waals surface area (Å²) in [6, 6.07) is 15.6. The molecule has 0 fully saturated rings. The highest BCUT2D eigenvalue weighted by molar-refractivity contribution is 8.00. The quantitative estimate of drug-likeness (QED) is 0.488. The van der Waals surface area contributed by atoms with Crippen LogP contribution in [-0.2, 0) is 16.1 Å². The summed E-state index contributed by atoms with van der Waals surface area (Å²) in [7, 11) is 0. The molecule has 0 spiro atoms. The average Bonchev–Trinajstić information content (AvgIpc) is 3.09. The van der Waals surface area contributed by atoms with Gasteiger partial charge in [-0.25, -0.2) is 0 Å². The lowest BCUT2D eigenvalue weighted by molar-refractivity contribution is -0.142. The van der Waals surface area contributed by atoms with Crippen LogP contribution in [0.3, 0.4) is 0 Å². The average molecular weight is 354 g/mol. The molecule has 25 heavy (non-hydrogen) atoms. The zero-order chi connectivity index (χ0) is 17.6. The molecule has 0 unspecified atom stereocenters. The molecule has 128 valence electrons. The first-order chi connectivity index (χ1) is 12.1. The van der Waals surface area contributed by atoms with E-state index < -0.39 is 0 Å². The van der Waals surface area contributed by atoms with Gasteiger partial charge in [0, 0.05) is 10.5 Å². The second-order valence-electron chi connectivity index (χ2n) is 5.59. The van der Waals surface area contributed by atoms with Gasteiger partial charge in [-0.05, 0) is 37.6 Å². The van der Waals surface area contributed by atoms with Crippen LogP contribution in [0.2, 0.25) is 0 Å². The summed E-state index contributed by atoms with van der Waals surface area (Å²) < 4.78 is 10.7. The van der Waals surface area contributed by atoms with Gasteiger partial charge in [-0.2, -0.15) is 0 Å². The first kappa shape index (κ1) is 17.2. The summed E-state index contributed by atoms with van der Waals surface area (Å²) in [6.45, 7) is 4.06. The number of carbonyl (C=O) groups is 1.